The van der Waals surface area contributed by atoms with Gasteiger partial charge < -0.3 is 15.0 Å². The van der Waals surface area contributed by atoms with Crippen LogP contribution >= 0.6 is 0 Å². The van der Waals surface area contributed by atoms with Gasteiger partial charge in [0.25, 0.3) is 0 Å². The SMILES string of the molecule is Cc1c(C(C)Nc2nncc3ccc(OC4CCN(C)CC4)cc23)cccc1C(F)(F)F. The lowest BCUT2D eigenvalue weighted by atomic mass is 9.97. The Morgan fingerprint density at radius 2 is 1.91 bits per heavy atom. The zero-order valence-corrected chi connectivity index (χ0v) is 18.4. The molecule has 0 radical (unpaired) electrons. The summed E-state index contributed by atoms with van der Waals surface area (Å²) in [7, 11) is 2.11. The first-order chi connectivity index (χ1) is 15.2. The van der Waals surface area contributed by atoms with E-state index in [1.807, 2.05) is 25.1 Å². The normalized spacial score (nSPS) is 16.8. The third-order valence-electron chi connectivity index (χ3n) is 6.10. The second-order valence-corrected chi connectivity index (χ2v) is 8.45. The quantitative estimate of drug-likeness (QED) is 0.555. The second kappa shape index (κ2) is 8.94. The fourth-order valence-corrected chi connectivity index (χ4v) is 4.24. The number of hydrogen-bond donors (Lipinski definition) is 1. The van der Waals surface area contributed by atoms with E-state index in [0.29, 0.717) is 11.4 Å². The number of rotatable bonds is 5. The lowest BCUT2D eigenvalue weighted by Crippen LogP contribution is -2.35. The predicted octanol–water partition coefficient (Wildman–Crippen LogP) is 5.60. The lowest BCUT2D eigenvalue weighted by molar-refractivity contribution is -0.138. The minimum atomic E-state index is -4.39. The zero-order valence-electron chi connectivity index (χ0n) is 18.4. The summed E-state index contributed by atoms with van der Waals surface area (Å²) in [4.78, 5) is 2.29. The van der Waals surface area contributed by atoms with Gasteiger partial charge in [-0.05, 0) is 69.1 Å². The molecule has 1 unspecified atom stereocenters. The van der Waals surface area contributed by atoms with Gasteiger partial charge in [0.15, 0.2) is 5.82 Å². The molecule has 0 bridgehead atoms. The van der Waals surface area contributed by atoms with Crippen molar-refractivity contribution in [3.05, 3.63) is 59.3 Å². The van der Waals surface area contributed by atoms with Gasteiger partial charge in [0, 0.05) is 23.9 Å². The Morgan fingerprint density at radius 1 is 1.16 bits per heavy atom. The number of alkyl halides is 3. The van der Waals surface area contributed by atoms with Crippen LogP contribution in [0.1, 0.15) is 42.5 Å². The molecule has 1 saturated heterocycles. The fourth-order valence-electron chi connectivity index (χ4n) is 4.24. The monoisotopic (exact) mass is 444 g/mol. The van der Waals surface area contributed by atoms with E-state index in [2.05, 4.69) is 27.5 Å². The van der Waals surface area contributed by atoms with Crippen molar-refractivity contribution in [3.63, 3.8) is 0 Å². The summed E-state index contributed by atoms with van der Waals surface area (Å²) in [5.41, 5.74) is 0.151. The number of ether oxygens (including phenoxy) is 1. The van der Waals surface area contributed by atoms with Gasteiger partial charge in [0.2, 0.25) is 0 Å². The number of benzene rings is 2. The number of piperidine rings is 1. The Kier molecular flexibility index (Phi) is 6.24. The van der Waals surface area contributed by atoms with Crippen molar-refractivity contribution in [2.24, 2.45) is 0 Å². The highest BCUT2D eigenvalue weighted by Gasteiger charge is 2.33. The minimum Gasteiger partial charge on any atom is -0.490 e. The van der Waals surface area contributed by atoms with Crippen LogP contribution in [0.25, 0.3) is 10.8 Å². The van der Waals surface area contributed by atoms with E-state index in [0.717, 1.165) is 48.5 Å². The summed E-state index contributed by atoms with van der Waals surface area (Å²) in [6.45, 7) is 5.33. The van der Waals surface area contributed by atoms with Gasteiger partial charge >= 0.3 is 6.18 Å². The number of nitrogens with one attached hydrogen (secondary N) is 1. The summed E-state index contributed by atoms with van der Waals surface area (Å²) >= 11 is 0. The predicted molar refractivity (Wildman–Crippen MR) is 119 cm³/mol. The zero-order chi connectivity index (χ0) is 22.9. The Bertz CT molecular complexity index is 1090. The first-order valence-corrected chi connectivity index (χ1v) is 10.8. The molecule has 2 heterocycles. The molecule has 8 heteroatoms. The van der Waals surface area contributed by atoms with Crippen molar-refractivity contribution in [2.75, 3.05) is 25.5 Å². The highest BCUT2D eigenvalue weighted by molar-refractivity contribution is 5.92. The molecule has 1 aliphatic rings. The van der Waals surface area contributed by atoms with Crippen molar-refractivity contribution < 1.29 is 17.9 Å². The third-order valence-corrected chi connectivity index (χ3v) is 6.10. The molecule has 5 nitrogen and oxygen atoms in total. The van der Waals surface area contributed by atoms with Crippen LogP contribution < -0.4 is 10.1 Å². The molecule has 0 saturated carbocycles. The van der Waals surface area contributed by atoms with Crippen LogP contribution in [0.4, 0.5) is 19.0 Å². The van der Waals surface area contributed by atoms with Gasteiger partial charge in [0.1, 0.15) is 11.9 Å². The summed E-state index contributed by atoms with van der Waals surface area (Å²) in [5, 5.41) is 13.2. The first kappa shape index (κ1) is 22.3. The van der Waals surface area contributed by atoms with E-state index in [1.54, 1.807) is 12.3 Å². The molecule has 4 rings (SSSR count). The van der Waals surface area contributed by atoms with Crippen molar-refractivity contribution in [3.8, 4) is 5.75 Å². The van der Waals surface area contributed by atoms with E-state index >= 15 is 0 Å². The Balaban J connectivity index is 1.59. The van der Waals surface area contributed by atoms with Gasteiger partial charge in [-0.25, -0.2) is 0 Å². The highest BCUT2D eigenvalue weighted by atomic mass is 19.4. The third kappa shape index (κ3) is 4.80. The van der Waals surface area contributed by atoms with Crippen LogP contribution in [-0.4, -0.2) is 41.3 Å². The minimum absolute atomic E-state index is 0.168. The highest BCUT2D eigenvalue weighted by Crippen LogP contribution is 2.36. The molecule has 2 aromatic carbocycles. The molecule has 170 valence electrons. The van der Waals surface area contributed by atoms with Crippen molar-refractivity contribution >= 4 is 16.6 Å². The van der Waals surface area contributed by atoms with Crippen molar-refractivity contribution in [1.29, 1.82) is 0 Å². The van der Waals surface area contributed by atoms with Gasteiger partial charge in [0.05, 0.1) is 17.8 Å². The average molecular weight is 445 g/mol. The summed E-state index contributed by atoms with van der Waals surface area (Å²) in [6.07, 6.45) is -0.610. The number of halogens is 3. The van der Waals surface area contributed by atoms with E-state index in [4.69, 9.17) is 4.74 Å². The molecule has 32 heavy (non-hydrogen) atoms. The largest absolute Gasteiger partial charge is 0.490 e. The van der Waals surface area contributed by atoms with Crippen LogP contribution in [0.3, 0.4) is 0 Å². The summed E-state index contributed by atoms with van der Waals surface area (Å²) in [6, 6.07) is 9.63. The van der Waals surface area contributed by atoms with Gasteiger partial charge in [-0.3, -0.25) is 0 Å². The van der Waals surface area contributed by atoms with Gasteiger partial charge in [-0.15, -0.1) is 5.10 Å². The molecule has 0 spiro atoms. The lowest BCUT2D eigenvalue weighted by Gasteiger charge is -2.29. The van der Waals surface area contributed by atoms with Crippen LogP contribution in [0.2, 0.25) is 0 Å². The van der Waals surface area contributed by atoms with Crippen LogP contribution in [0.5, 0.6) is 5.75 Å². The van der Waals surface area contributed by atoms with Crippen LogP contribution in [-0.2, 0) is 6.18 Å². The van der Waals surface area contributed by atoms with Crippen molar-refractivity contribution in [2.45, 2.75) is 45.0 Å². The van der Waals surface area contributed by atoms with Crippen LogP contribution in [0.15, 0.2) is 42.6 Å². The van der Waals surface area contributed by atoms with Crippen molar-refractivity contribution in [1.82, 2.24) is 15.1 Å². The molecular weight excluding hydrogens is 417 g/mol. The maximum absolute atomic E-state index is 13.3. The van der Waals surface area contributed by atoms with E-state index in [1.165, 1.54) is 13.0 Å². The summed E-state index contributed by atoms with van der Waals surface area (Å²) in [5.74, 6) is 1.27. The average Bonchev–Trinajstić information content (AvgIpc) is 2.75. The Labute approximate surface area is 185 Å². The van der Waals surface area contributed by atoms with Gasteiger partial charge in [-0.1, -0.05) is 12.1 Å². The number of anilines is 1. The maximum atomic E-state index is 13.3. The van der Waals surface area contributed by atoms with Gasteiger partial charge in [-0.2, -0.15) is 18.3 Å². The van der Waals surface area contributed by atoms with E-state index in [-0.39, 0.29) is 11.7 Å². The number of nitrogens with zero attached hydrogens (tertiary/aromatic N) is 3. The molecule has 0 aliphatic carbocycles. The molecule has 1 atom stereocenters. The molecule has 1 aromatic heterocycles. The molecular formula is C24H27F3N4O. The summed E-state index contributed by atoms with van der Waals surface area (Å²) < 4.78 is 46.2. The molecule has 1 fully saturated rings. The first-order valence-electron chi connectivity index (χ1n) is 10.8. The van der Waals surface area contributed by atoms with E-state index in [9.17, 15) is 13.2 Å². The molecule has 1 N–H and O–H groups in total. The topological polar surface area (TPSA) is 50.3 Å². The second-order valence-electron chi connectivity index (χ2n) is 8.45. The fraction of sp³-hybridized carbons (Fsp3) is 0.417. The Morgan fingerprint density at radius 3 is 2.62 bits per heavy atom. The number of fused-ring (bicyclic) bond motifs is 1. The molecule has 3 aromatic rings. The molecule has 1 aliphatic heterocycles. The Hall–Kier alpha value is -2.87. The maximum Gasteiger partial charge on any atom is 0.416 e. The smallest absolute Gasteiger partial charge is 0.416 e. The standard InChI is InChI=1S/C24H27F3N4O/c1-15-20(5-4-6-22(15)24(25,26)27)16(2)29-23-21-13-19(8-7-17(21)14-28-30-23)32-18-9-11-31(3)12-10-18/h4-8,13-14,16,18H,9-12H2,1-3H3,(H,29,30). The number of hydrogen-bond acceptors (Lipinski definition) is 5. The number of likely N-dealkylation sites (tertiary alicyclic amines) is 1. The molecule has 0 amide bonds. The van der Waals surface area contributed by atoms with Crippen LogP contribution in [0, 0.1) is 6.92 Å². The van der Waals surface area contributed by atoms with E-state index < -0.39 is 17.8 Å². The number of aromatic nitrogens is 2.